The minimum atomic E-state index is -0.930. The molecule has 1 aliphatic rings. The van der Waals surface area contributed by atoms with Gasteiger partial charge in [0, 0.05) is 12.0 Å². The van der Waals surface area contributed by atoms with E-state index in [1.807, 2.05) is 6.08 Å². The molecule has 0 amide bonds. The maximum Gasteiger partial charge on any atom is 0.328 e. The predicted molar refractivity (Wildman–Crippen MR) is 86.4 cm³/mol. The summed E-state index contributed by atoms with van der Waals surface area (Å²) < 4.78 is 0. The van der Waals surface area contributed by atoms with Crippen LogP contribution in [-0.4, -0.2) is 11.1 Å². The molecule has 0 spiro atoms. The van der Waals surface area contributed by atoms with Gasteiger partial charge in [-0.3, -0.25) is 0 Å². The molecule has 1 saturated carbocycles. The van der Waals surface area contributed by atoms with Gasteiger partial charge in [0.1, 0.15) is 0 Å². The van der Waals surface area contributed by atoms with Crippen LogP contribution in [-0.2, 0) is 11.2 Å². The van der Waals surface area contributed by atoms with Crippen LogP contribution in [0.5, 0.6) is 0 Å². The van der Waals surface area contributed by atoms with E-state index in [9.17, 15) is 4.79 Å². The van der Waals surface area contributed by atoms with E-state index in [2.05, 4.69) is 30.3 Å². The third kappa shape index (κ3) is 4.89. The lowest BCUT2D eigenvalue weighted by Gasteiger charge is -2.25. The summed E-state index contributed by atoms with van der Waals surface area (Å²) in [6.45, 7) is 0. The first-order valence-electron chi connectivity index (χ1n) is 7.73. The fourth-order valence-corrected chi connectivity index (χ4v) is 2.90. The summed E-state index contributed by atoms with van der Waals surface area (Å²) >= 11 is 0. The van der Waals surface area contributed by atoms with Gasteiger partial charge in [-0.25, -0.2) is 4.79 Å². The van der Waals surface area contributed by atoms with E-state index >= 15 is 0 Å². The maximum atomic E-state index is 10.3. The molecule has 0 bridgehead atoms. The summed E-state index contributed by atoms with van der Waals surface area (Å²) in [6, 6.07) is 11.0. The van der Waals surface area contributed by atoms with Crippen LogP contribution in [0, 0.1) is 17.2 Å². The summed E-state index contributed by atoms with van der Waals surface area (Å²) in [5.41, 5.74) is 2.59. The van der Waals surface area contributed by atoms with Crippen LogP contribution in [0.3, 0.4) is 0 Å². The zero-order valence-corrected chi connectivity index (χ0v) is 12.6. The highest BCUT2D eigenvalue weighted by molar-refractivity contribution is 5.80. The monoisotopic (exact) mass is 295 g/mol. The van der Waals surface area contributed by atoms with E-state index in [1.165, 1.54) is 17.2 Å². The van der Waals surface area contributed by atoms with Crippen LogP contribution in [0.1, 0.15) is 42.7 Å². The number of aliphatic carboxylic acids is 1. The molecule has 0 aliphatic heterocycles. The highest BCUT2D eigenvalue weighted by atomic mass is 16.4. The zero-order chi connectivity index (χ0) is 15.8. The van der Waals surface area contributed by atoms with Gasteiger partial charge in [-0.2, -0.15) is 5.26 Å². The molecule has 0 saturated heterocycles. The van der Waals surface area contributed by atoms with Crippen LogP contribution in [0.25, 0.3) is 0 Å². The van der Waals surface area contributed by atoms with Crippen LogP contribution in [0.15, 0.2) is 48.6 Å². The molecule has 0 radical (unpaired) electrons. The highest BCUT2D eigenvalue weighted by Gasteiger charge is 2.21. The molecule has 2 rings (SSSR count). The van der Waals surface area contributed by atoms with Crippen molar-refractivity contribution in [1.29, 1.82) is 5.26 Å². The van der Waals surface area contributed by atoms with E-state index in [0.29, 0.717) is 5.92 Å². The van der Waals surface area contributed by atoms with Gasteiger partial charge < -0.3 is 5.11 Å². The van der Waals surface area contributed by atoms with Crippen LogP contribution < -0.4 is 0 Å². The fraction of sp³-hybridized carbons (Fsp3) is 0.368. The fourth-order valence-electron chi connectivity index (χ4n) is 2.90. The number of nitrogens with zero attached hydrogens (tertiary/aromatic N) is 1. The third-order valence-corrected chi connectivity index (χ3v) is 4.20. The van der Waals surface area contributed by atoms with Crippen molar-refractivity contribution in [1.82, 2.24) is 0 Å². The normalized spacial score (nSPS) is 22.0. The first-order chi connectivity index (χ1) is 10.7. The first kappa shape index (κ1) is 16.0. The van der Waals surface area contributed by atoms with Gasteiger partial charge in [-0.05, 0) is 49.1 Å². The summed E-state index contributed by atoms with van der Waals surface area (Å²) in [4.78, 5) is 10.3. The Labute approximate surface area is 131 Å². The van der Waals surface area contributed by atoms with Crippen molar-refractivity contribution in [2.24, 2.45) is 5.92 Å². The minimum Gasteiger partial charge on any atom is -0.478 e. The van der Waals surface area contributed by atoms with Crippen molar-refractivity contribution >= 4 is 5.97 Å². The molecule has 1 aromatic rings. The molecule has 1 N–H and O–H groups in total. The van der Waals surface area contributed by atoms with Gasteiger partial charge in [0.05, 0.1) is 6.07 Å². The number of rotatable bonds is 5. The van der Waals surface area contributed by atoms with Gasteiger partial charge in [0.25, 0.3) is 0 Å². The van der Waals surface area contributed by atoms with Crippen LogP contribution >= 0.6 is 0 Å². The molecule has 0 unspecified atom stereocenters. The lowest BCUT2D eigenvalue weighted by molar-refractivity contribution is -0.131. The smallest absolute Gasteiger partial charge is 0.328 e. The molecule has 3 heteroatoms. The number of hydrogen-bond acceptors (Lipinski definition) is 2. The standard InChI is InChI=1S/C19H21NO2/c20-14-16-8-12-18(13-9-16)17-10-6-15(7-11-17)4-2-1-3-5-19(21)22/h1-3,5-7,10-11,16,18H,4,8-9,12-13H2,(H,21,22)/b2-1+,5-3+. The second kappa shape index (κ2) is 8.19. The van der Waals surface area contributed by atoms with Crippen molar-refractivity contribution in [3.05, 3.63) is 59.7 Å². The average Bonchev–Trinajstić information content (AvgIpc) is 2.55. The van der Waals surface area contributed by atoms with Crippen LogP contribution in [0.2, 0.25) is 0 Å². The molecule has 3 nitrogen and oxygen atoms in total. The Bertz CT molecular complexity index is 585. The summed E-state index contributed by atoms with van der Waals surface area (Å²) in [7, 11) is 0. The molecule has 114 valence electrons. The number of hydrogen-bond donors (Lipinski definition) is 1. The van der Waals surface area contributed by atoms with Gasteiger partial charge in [-0.15, -0.1) is 0 Å². The molecule has 1 aliphatic carbocycles. The topological polar surface area (TPSA) is 61.1 Å². The summed E-state index contributed by atoms with van der Waals surface area (Å²) in [6.07, 6.45) is 11.4. The van der Waals surface area contributed by atoms with E-state index < -0.39 is 5.97 Å². The van der Waals surface area contributed by atoms with Gasteiger partial charge in [0.2, 0.25) is 0 Å². The largest absolute Gasteiger partial charge is 0.478 e. The number of carbonyl (C=O) groups is 1. The average molecular weight is 295 g/mol. The predicted octanol–water partition coefficient (Wildman–Crippen LogP) is 4.22. The van der Waals surface area contributed by atoms with Crippen molar-refractivity contribution in [3.8, 4) is 6.07 Å². The van der Waals surface area contributed by atoms with E-state index in [4.69, 9.17) is 10.4 Å². The molecule has 0 heterocycles. The Morgan fingerprint density at radius 2 is 1.86 bits per heavy atom. The van der Waals surface area contributed by atoms with Gasteiger partial charge >= 0.3 is 5.97 Å². The van der Waals surface area contributed by atoms with E-state index in [0.717, 1.165) is 38.2 Å². The van der Waals surface area contributed by atoms with Crippen molar-refractivity contribution in [2.75, 3.05) is 0 Å². The molecule has 0 atom stereocenters. The summed E-state index contributed by atoms with van der Waals surface area (Å²) in [5.74, 6) is -0.0904. The Balaban J connectivity index is 1.86. The Kier molecular flexibility index (Phi) is 5.97. The van der Waals surface area contributed by atoms with Crippen molar-refractivity contribution < 1.29 is 9.90 Å². The van der Waals surface area contributed by atoms with Crippen LogP contribution in [0.4, 0.5) is 0 Å². The lowest BCUT2D eigenvalue weighted by atomic mass is 9.79. The van der Waals surface area contributed by atoms with Gasteiger partial charge in [0.15, 0.2) is 0 Å². The zero-order valence-electron chi connectivity index (χ0n) is 12.6. The first-order valence-corrected chi connectivity index (χ1v) is 7.73. The van der Waals surface area contributed by atoms with Crippen molar-refractivity contribution in [3.63, 3.8) is 0 Å². The lowest BCUT2D eigenvalue weighted by Crippen LogP contribution is -2.11. The molecule has 22 heavy (non-hydrogen) atoms. The second-order valence-corrected chi connectivity index (χ2v) is 5.75. The quantitative estimate of drug-likeness (QED) is 0.653. The summed E-state index contributed by atoms with van der Waals surface area (Å²) in [5, 5.41) is 17.4. The highest BCUT2D eigenvalue weighted by Crippen LogP contribution is 2.35. The second-order valence-electron chi connectivity index (χ2n) is 5.75. The van der Waals surface area contributed by atoms with Crippen molar-refractivity contribution in [2.45, 2.75) is 38.0 Å². The molecule has 0 aromatic heterocycles. The number of carboxylic acids is 1. The number of carboxylic acid groups (broad SMARTS) is 1. The molecular formula is C19H21NO2. The Morgan fingerprint density at radius 1 is 1.18 bits per heavy atom. The van der Waals surface area contributed by atoms with Gasteiger partial charge in [-0.1, -0.05) is 42.5 Å². The van der Waals surface area contributed by atoms with E-state index in [1.54, 1.807) is 6.08 Å². The SMILES string of the molecule is N#CC1CCC(c2ccc(C/C=C/C=C/C(=O)O)cc2)CC1. The number of benzene rings is 1. The Morgan fingerprint density at radius 3 is 2.45 bits per heavy atom. The van der Waals surface area contributed by atoms with E-state index in [-0.39, 0.29) is 5.92 Å². The number of nitriles is 1. The molecular weight excluding hydrogens is 274 g/mol. The maximum absolute atomic E-state index is 10.3. The number of allylic oxidation sites excluding steroid dienone is 3. The minimum absolute atomic E-state index is 0.250. The molecule has 1 aromatic carbocycles. The molecule has 1 fully saturated rings. The Hall–Kier alpha value is -2.34. The third-order valence-electron chi connectivity index (χ3n) is 4.20.